The van der Waals surface area contributed by atoms with Crippen molar-refractivity contribution in [1.29, 1.82) is 0 Å². The number of hydrogen-bond acceptors (Lipinski definition) is 4. The van der Waals surface area contributed by atoms with Gasteiger partial charge in [0.05, 0.1) is 11.4 Å². The first-order valence-electron chi connectivity index (χ1n) is 5.92. The van der Waals surface area contributed by atoms with Crippen molar-refractivity contribution in [2.75, 3.05) is 7.05 Å². The summed E-state index contributed by atoms with van der Waals surface area (Å²) in [7, 11) is -2.69. The number of alkyl halides is 3. The van der Waals surface area contributed by atoms with E-state index in [0.717, 1.165) is 0 Å². The van der Waals surface area contributed by atoms with Crippen LogP contribution in [0.5, 0.6) is 0 Å². The molecule has 0 aliphatic heterocycles. The molecule has 1 aromatic rings. The lowest BCUT2D eigenvalue weighted by Crippen LogP contribution is -2.48. The molecule has 2 rings (SSSR count). The lowest BCUT2D eigenvalue weighted by molar-refractivity contribution is -0.160. The summed E-state index contributed by atoms with van der Waals surface area (Å²) in [5, 5.41) is 9.00. The largest absolute Gasteiger partial charge is 0.407 e. The van der Waals surface area contributed by atoms with E-state index in [1.807, 2.05) is 0 Å². The molecular weight excluding hydrogens is 297 g/mol. The second-order valence-corrected chi connectivity index (χ2v) is 6.46. The van der Waals surface area contributed by atoms with Crippen LogP contribution in [0.15, 0.2) is 4.90 Å². The molecule has 0 aromatic carbocycles. The Hall–Kier alpha value is -1.13. The lowest BCUT2D eigenvalue weighted by atomic mass is 10.3. The Morgan fingerprint density at radius 2 is 2.00 bits per heavy atom. The zero-order valence-corrected chi connectivity index (χ0v) is 11.7. The number of rotatable bonds is 5. The number of nitrogens with zero attached hydrogens (tertiary/aromatic N) is 1. The van der Waals surface area contributed by atoms with E-state index < -0.39 is 21.7 Å². The number of aromatic amines is 1. The van der Waals surface area contributed by atoms with Gasteiger partial charge in [-0.1, -0.05) is 0 Å². The van der Waals surface area contributed by atoms with Crippen LogP contribution >= 0.6 is 0 Å². The second kappa shape index (κ2) is 4.71. The first-order chi connectivity index (χ1) is 9.13. The molecule has 1 saturated carbocycles. The van der Waals surface area contributed by atoms with E-state index in [0.29, 0.717) is 0 Å². The second-order valence-electron chi connectivity index (χ2n) is 4.84. The normalized spacial score (nSPS) is 18.2. The quantitative estimate of drug-likeness (QED) is 0.751. The van der Waals surface area contributed by atoms with Gasteiger partial charge in [-0.25, -0.2) is 8.42 Å². The molecule has 1 fully saturated rings. The minimum atomic E-state index is -4.60. The van der Waals surface area contributed by atoms with E-state index in [1.54, 1.807) is 11.8 Å². The summed E-state index contributed by atoms with van der Waals surface area (Å²) in [5.41, 5.74) is -1.96. The standard InChI is InChI=1S/C10H15F3N4O2S/c1-6-8(7(5-14-2)16-15-6)20(18,19)17-9(3-4-9)10(11,12)13/h14,17H,3-5H2,1-2H3,(H,15,16). The molecule has 0 bridgehead atoms. The maximum Gasteiger partial charge on any atom is 0.407 e. The fourth-order valence-electron chi connectivity index (χ4n) is 1.99. The van der Waals surface area contributed by atoms with E-state index >= 15 is 0 Å². The van der Waals surface area contributed by atoms with Gasteiger partial charge in [0.2, 0.25) is 10.0 Å². The number of aromatic nitrogens is 2. The number of halogens is 3. The smallest absolute Gasteiger partial charge is 0.314 e. The first-order valence-corrected chi connectivity index (χ1v) is 7.40. The minimum Gasteiger partial charge on any atom is -0.314 e. The highest BCUT2D eigenvalue weighted by Crippen LogP contribution is 2.49. The molecule has 0 saturated heterocycles. The van der Waals surface area contributed by atoms with Crippen LogP contribution in [0.3, 0.4) is 0 Å². The van der Waals surface area contributed by atoms with Crippen LogP contribution < -0.4 is 10.0 Å². The predicted octanol–water partition coefficient (Wildman–Crippen LogP) is 0.811. The van der Waals surface area contributed by atoms with Gasteiger partial charge in [0.1, 0.15) is 10.4 Å². The fraction of sp³-hybridized carbons (Fsp3) is 0.700. The molecule has 6 nitrogen and oxygen atoms in total. The SMILES string of the molecule is CNCc1n[nH]c(C)c1S(=O)(=O)NC1(C(F)(F)F)CC1. The van der Waals surface area contributed by atoms with Crippen molar-refractivity contribution in [2.45, 2.75) is 42.9 Å². The van der Waals surface area contributed by atoms with Gasteiger partial charge in [-0.2, -0.15) is 23.0 Å². The van der Waals surface area contributed by atoms with Gasteiger partial charge < -0.3 is 5.32 Å². The summed E-state index contributed by atoms with van der Waals surface area (Å²) in [6.07, 6.45) is -5.08. The zero-order chi connectivity index (χ0) is 15.2. The van der Waals surface area contributed by atoms with Crippen molar-refractivity contribution < 1.29 is 21.6 Å². The van der Waals surface area contributed by atoms with Crippen molar-refractivity contribution in [1.82, 2.24) is 20.2 Å². The average Bonchev–Trinajstić information content (AvgIpc) is 2.96. The van der Waals surface area contributed by atoms with Crippen molar-refractivity contribution in [3.05, 3.63) is 11.4 Å². The molecule has 1 aliphatic rings. The highest BCUT2D eigenvalue weighted by atomic mass is 32.2. The number of sulfonamides is 1. The molecule has 10 heteroatoms. The van der Waals surface area contributed by atoms with Crippen LogP contribution in [-0.2, 0) is 16.6 Å². The van der Waals surface area contributed by atoms with Crippen molar-refractivity contribution in [3.8, 4) is 0 Å². The molecule has 0 amide bonds. The fourth-order valence-corrected chi connectivity index (χ4v) is 3.80. The van der Waals surface area contributed by atoms with E-state index in [2.05, 4.69) is 15.5 Å². The highest BCUT2D eigenvalue weighted by Gasteiger charge is 2.65. The van der Waals surface area contributed by atoms with E-state index in [1.165, 1.54) is 6.92 Å². The van der Waals surface area contributed by atoms with Crippen LogP contribution in [0.2, 0.25) is 0 Å². The van der Waals surface area contributed by atoms with Crippen LogP contribution in [0, 0.1) is 6.92 Å². The third kappa shape index (κ3) is 2.54. The maximum atomic E-state index is 12.9. The first kappa shape index (κ1) is 15.3. The molecule has 0 radical (unpaired) electrons. The Morgan fingerprint density at radius 3 is 2.45 bits per heavy atom. The van der Waals surface area contributed by atoms with Crippen LogP contribution in [0.1, 0.15) is 24.2 Å². The maximum absolute atomic E-state index is 12.9. The van der Waals surface area contributed by atoms with E-state index in [4.69, 9.17) is 0 Å². The Bertz CT molecular complexity index is 605. The van der Waals surface area contributed by atoms with Gasteiger partial charge in [0.25, 0.3) is 0 Å². The Balaban J connectivity index is 2.35. The van der Waals surface area contributed by atoms with Crippen molar-refractivity contribution in [2.24, 2.45) is 0 Å². The number of nitrogens with one attached hydrogen (secondary N) is 3. The summed E-state index contributed by atoms with van der Waals surface area (Å²) in [6.45, 7) is 1.59. The van der Waals surface area contributed by atoms with E-state index in [-0.39, 0.29) is 35.7 Å². The molecule has 1 aromatic heterocycles. The van der Waals surface area contributed by atoms with Crippen LogP contribution in [0.4, 0.5) is 13.2 Å². The minimum absolute atomic E-state index is 0.138. The summed E-state index contributed by atoms with van der Waals surface area (Å²) in [6, 6.07) is 0. The predicted molar refractivity (Wildman–Crippen MR) is 64.4 cm³/mol. The summed E-state index contributed by atoms with van der Waals surface area (Å²) in [5.74, 6) is 0. The van der Waals surface area contributed by atoms with Gasteiger partial charge in [-0.05, 0) is 26.8 Å². The Labute approximate surface area is 114 Å². The van der Waals surface area contributed by atoms with Gasteiger partial charge >= 0.3 is 6.18 Å². The van der Waals surface area contributed by atoms with Crippen molar-refractivity contribution >= 4 is 10.0 Å². The van der Waals surface area contributed by atoms with Gasteiger partial charge in [-0.3, -0.25) is 5.10 Å². The molecule has 1 aliphatic carbocycles. The van der Waals surface area contributed by atoms with Gasteiger partial charge in [0, 0.05) is 6.54 Å². The average molecular weight is 312 g/mol. The topological polar surface area (TPSA) is 86.9 Å². The summed E-state index contributed by atoms with van der Waals surface area (Å²) < 4.78 is 64.8. The third-order valence-corrected chi connectivity index (χ3v) is 4.94. The van der Waals surface area contributed by atoms with Crippen LogP contribution in [0.25, 0.3) is 0 Å². The molecule has 0 atom stereocenters. The highest BCUT2D eigenvalue weighted by molar-refractivity contribution is 7.89. The third-order valence-electron chi connectivity index (χ3n) is 3.20. The van der Waals surface area contributed by atoms with Gasteiger partial charge in [0.15, 0.2) is 0 Å². The van der Waals surface area contributed by atoms with Crippen LogP contribution in [-0.4, -0.2) is 37.4 Å². The molecule has 20 heavy (non-hydrogen) atoms. The van der Waals surface area contributed by atoms with Crippen molar-refractivity contribution in [3.63, 3.8) is 0 Å². The Morgan fingerprint density at radius 1 is 1.40 bits per heavy atom. The molecule has 1 heterocycles. The zero-order valence-electron chi connectivity index (χ0n) is 10.9. The Kier molecular flexibility index (Phi) is 3.59. The van der Waals surface area contributed by atoms with E-state index in [9.17, 15) is 21.6 Å². The molecule has 114 valence electrons. The number of H-pyrrole nitrogens is 1. The summed E-state index contributed by atoms with van der Waals surface area (Å²) in [4.78, 5) is -0.220. The lowest BCUT2D eigenvalue weighted by Gasteiger charge is -2.20. The summed E-state index contributed by atoms with van der Waals surface area (Å²) >= 11 is 0. The molecule has 0 unspecified atom stereocenters. The van der Waals surface area contributed by atoms with Gasteiger partial charge in [-0.15, -0.1) is 0 Å². The molecule has 0 spiro atoms. The molecular formula is C10H15F3N4O2S. The monoisotopic (exact) mass is 312 g/mol. The number of hydrogen-bond donors (Lipinski definition) is 3. The number of aryl methyl sites for hydroxylation is 1. The molecule has 3 N–H and O–H groups in total.